The van der Waals surface area contributed by atoms with E-state index in [1.54, 1.807) is 22.7 Å². The van der Waals surface area contributed by atoms with Crippen LogP contribution in [0.25, 0.3) is 12.2 Å². The van der Waals surface area contributed by atoms with Crippen LogP contribution in [-0.2, 0) is 0 Å². The fourth-order valence-corrected chi connectivity index (χ4v) is 2.46. The molecule has 0 bridgehead atoms. The van der Waals surface area contributed by atoms with Gasteiger partial charge in [-0.15, -0.1) is 22.7 Å². The monoisotopic (exact) mass is 244 g/mol. The van der Waals surface area contributed by atoms with Crippen LogP contribution in [0.15, 0.2) is 59.3 Å². The zero-order chi connectivity index (χ0) is 11.1. The van der Waals surface area contributed by atoms with Crippen molar-refractivity contribution >= 4 is 34.8 Å². The van der Waals surface area contributed by atoms with Crippen molar-refractivity contribution in [1.82, 2.24) is 0 Å². The van der Waals surface area contributed by atoms with E-state index in [1.807, 2.05) is 12.2 Å². The minimum Gasteiger partial charge on any atom is -0.144 e. The van der Waals surface area contributed by atoms with E-state index in [4.69, 9.17) is 0 Å². The van der Waals surface area contributed by atoms with E-state index in [1.165, 1.54) is 9.75 Å². The van der Waals surface area contributed by atoms with Crippen molar-refractivity contribution in [3.63, 3.8) is 0 Å². The topological polar surface area (TPSA) is 0 Å². The molecule has 2 aromatic heterocycles. The van der Waals surface area contributed by atoms with Crippen LogP contribution in [-0.4, -0.2) is 0 Å². The van der Waals surface area contributed by atoms with Gasteiger partial charge in [0.1, 0.15) is 0 Å². The number of hydrogen-bond acceptors (Lipinski definition) is 2. The fraction of sp³-hybridized carbons (Fsp3) is 0. The van der Waals surface area contributed by atoms with Crippen LogP contribution in [0, 0.1) is 0 Å². The fourth-order valence-electron chi connectivity index (χ4n) is 1.20. The third kappa shape index (κ3) is 3.65. The quantitative estimate of drug-likeness (QED) is 0.657. The summed E-state index contributed by atoms with van der Waals surface area (Å²) < 4.78 is 0. The molecule has 0 aliphatic rings. The number of allylic oxidation sites excluding steroid dienone is 4. The summed E-state index contributed by atoms with van der Waals surface area (Å²) in [6.07, 6.45) is 12.4. The molecule has 2 heterocycles. The van der Waals surface area contributed by atoms with Crippen LogP contribution < -0.4 is 0 Å². The van der Waals surface area contributed by atoms with Crippen LogP contribution in [0.3, 0.4) is 0 Å². The standard InChI is InChI=1S/C14H12S2/c1(3-7-13-9-5-11-15-13)2-4-8-14-10-6-12-16-14/h1-12H/b2-1+,7-3-,8-4-. The molecule has 0 unspecified atom stereocenters. The Morgan fingerprint density at radius 3 is 1.56 bits per heavy atom. The van der Waals surface area contributed by atoms with Crippen molar-refractivity contribution in [2.24, 2.45) is 0 Å². The van der Waals surface area contributed by atoms with Crippen molar-refractivity contribution in [3.8, 4) is 0 Å². The molecule has 0 saturated heterocycles. The lowest BCUT2D eigenvalue weighted by molar-refractivity contribution is 1.90. The van der Waals surface area contributed by atoms with Gasteiger partial charge in [-0.2, -0.15) is 0 Å². The molecule has 0 aliphatic heterocycles. The maximum Gasteiger partial charge on any atom is 0.0270 e. The minimum atomic E-state index is 1.28. The molecule has 0 atom stereocenters. The Morgan fingerprint density at radius 2 is 1.19 bits per heavy atom. The Balaban J connectivity index is 1.82. The number of hydrogen-bond donors (Lipinski definition) is 0. The zero-order valence-corrected chi connectivity index (χ0v) is 10.4. The van der Waals surface area contributed by atoms with Crippen molar-refractivity contribution in [2.75, 3.05) is 0 Å². The Morgan fingerprint density at radius 1 is 0.688 bits per heavy atom. The van der Waals surface area contributed by atoms with Crippen LogP contribution in [0.1, 0.15) is 9.75 Å². The molecular weight excluding hydrogens is 232 g/mol. The van der Waals surface area contributed by atoms with E-state index in [2.05, 4.69) is 59.3 Å². The van der Waals surface area contributed by atoms with Gasteiger partial charge in [0.15, 0.2) is 0 Å². The van der Waals surface area contributed by atoms with Gasteiger partial charge in [0.25, 0.3) is 0 Å². The third-order valence-corrected chi connectivity index (χ3v) is 3.62. The van der Waals surface area contributed by atoms with Gasteiger partial charge >= 0.3 is 0 Å². The van der Waals surface area contributed by atoms with Gasteiger partial charge in [-0.05, 0) is 35.0 Å². The van der Waals surface area contributed by atoms with E-state index in [0.717, 1.165) is 0 Å². The molecule has 80 valence electrons. The summed E-state index contributed by atoms with van der Waals surface area (Å²) in [4.78, 5) is 2.57. The van der Waals surface area contributed by atoms with Gasteiger partial charge < -0.3 is 0 Å². The highest BCUT2D eigenvalue weighted by atomic mass is 32.1. The van der Waals surface area contributed by atoms with E-state index in [0.29, 0.717) is 0 Å². The van der Waals surface area contributed by atoms with E-state index >= 15 is 0 Å². The lowest BCUT2D eigenvalue weighted by Crippen LogP contribution is -1.56. The number of thiophene rings is 2. The molecule has 16 heavy (non-hydrogen) atoms. The first-order chi connectivity index (χ1) is 7.95. The largest absolute Gasteiger partial charge is 0.144 e. The Kier molecular flexibility index (Phi) is 4.35. The second-order valence-electron chi connectivity index (χ2n) is 3.13. The van der Waals surface area contributed by atoms with Gasteiger partial charge in [0.2, 0.25) is 0 Å². The SMILES string of the molecule is C(=C/c1cccs1)/C=C/C=C\c1cccs1. The highest BCUT2D eigenvalue weighted by molar-refractivity contribution is 7.11. The summed E-state index contributed by atoms with van der Waals surface area (Å²) >= 11 is 3.50. The van der Waals surface area contributed by atoms with Gasteiger partial charge in [-0.1, -0.05) is 36.4 Å². The molecule has 0 radical (unpaired) electrons. The van der Waals surface area contributed by atoms with Crippen molar-refractivity contribution in [1.29, 1.82) is 0 Å². The van der Waals surface area contributed by atoms with Gasteiger partial charge in [-0.25, -0.2) is 0 Å². The second kappa shape index (κ2) is 6.26. The molecule has 0 aliphatic carbocycles. The summed E-state index contributed by atoms with van der Waals surface area (Å²) in [6.45, 7) is 0. The van der Waals surface area contributed by atoms with Crippen LogP contribution >= 0.6 is 22.7 Å². The molecule has 2 heteroatoms. The molecule has 0 spiro atoms. The first-order valence-corrected chi connectivity index (χ1v) is 6.79. The molecule has 0 amide bonds. The summed E-state index contributed by atoms with van der Waals surface area (Å²) in [5.74, 6) is 0. The van der Waals surface area contributed by atoms with Crippen LogP contribution in [0.4, 0.5) is 0 Å². The smallest absolute Gasteiger partial charge is 0.0270 e. The molecule has 2 aromatic rings. The first-order valence-electron chi connectivity index (χ1n) is 5.03. The molecular formula is C14H12S2. The highest BCUT2D eigenvalue weighted by Gasteiger charge is 1.83. The van der Waals surface area contributed by atoms with Crippen molar-refractivity contribution < 1.29 is 0 Å². The summed E-state index contributed by atoms with van der Waals surface area (Å²) in [5.41, 5.74) is 0. The minimum absolute atomic E-state index is 1.28. The zero-order valence-electron chi connectivity index (χ0n) is 8.74. The van der Waals surface area contributed by atoms with Crippen molar-refractivity contribution in [3.05, 3.63) is 69.1 Å². The summed E-state index contributed by atoms with van der Waals surface area (Å²) in [6, 6.07) is 8.34. The predicted octanol–water partition coefficient (Wildman–Crippen LogP) is 5.09. The lowest BCUT2D eigenvalue weighted by atomic mass is 10.3. The predicted molar refractivity (Wildman–Crippen MR) is 75.8 cm³/mol. The third-order valence-electron chi connectivity index (χ3n) is 1.94. The Labute approximate surface area is 104 Å². The van der Waals surface area contributed by atoms with Gasteiger partial charge in [0, 0.05) is 9.75 Å². The van der Waals surface area contributed by atoms with Crippen molar-refractivity contribution in [2.45, 2.75) is 0 Å². The maximum absolute atomic E-state index is 2.11. The van der Waals surface area contributed by atoms with Gasteiger partial charge in [-0.3, -0.25) is 0 Å². The normalized spacial score (nSPS) is 12.2. The molecule has 0 N–H and O–H groups in total. The summed E-state index contributed by atoms with van der Waals surface area (Å²) in [7, 11) is 0. The molecule has 2 rings (SSSR count). The number of rotatable bonds is 4. The Hall–Kier alpha value is -1.38. The average molecular weight is 244 g/mol. The van der Waals surface area contributed by atoms with Gasteiger partial charge in [0.05, 0.1) is 0 Å². The second-order valence-corrected chi connectivity index (χ2v) is 5.09. The molecule has 0 saturated carbocycles. The molecule has 0 aromatic carbocycles. The van der Waals surface area contributed by atoms with Crippen LogP contribution in [0.2, 0.25) is 0 Å². The lowest BCUT2D eigenvalue weighted by Gasteiger charge is -1.80. The van der Waals surface area contributed by atoms with E-state index < -0.39 is 0 Å². The molecule has 0 nitrogen and oxygen atoms in total. The summed E-state index contributed by atoms with van der Waals surface area (Å²) in [5, 5.41) is 4.17. The Bertz CT molecular complexity index is 425. The van der Waals surface area contributed by atoms with E-state index in [9.17, 15) is 0 Å². The molecule has 0 fully saturated rings. The van der Waals surface area contributed by atoms with Crippen LogP contribution in [0.5, 0.6) is 0 Å². The van der Waals surface area contributed by atoms with E-state index in [-0.39, 0.29) is 0 Å². The maximum atomic E-state index is 2.11. The average Bonchev–Trinajstić information content (AvgIpc) is 2.96. The highest BCUT2D eigenvalue weighted by Crippen LogP contribution is 2.11. The first kappa shape index (κ1) is 11.1.